The van der Waals surface area contributed by atoms with Crippen LogP contribution in [0.5, 0.6) is 0 Å². The average Bonchev–Trinajstić information content (AvgIpc) is 3.22. The second-order valence-corrected chi connectivity index (χ2v) is 7.00. The van der Waals surface area contributed by atoms with Crippen LogP contribution in [0.1, 0.15) is 16.7 Å². The van der Waals surface area contributed by atoms with Gasteiger partial charge in [-0.15, -0.1) is 11.3 Å². The summed E-state index contributed by atoms with van der Waals surface area (Å²) < 4.78 is 13.7. The molecule has 3 aromatic rings. The molecule has 0 fully saturated rings. The van der Waals surface area contributed by atoms with E-state index in [1.165, 1.54) is 23.1 Å². The number of ether oxygens (including phenoxy) is 2. The molecule has 0 aliphatic rings. The Morgan fingerprint density at radius 3 is 2.75 bits per heavy atom. The largest absolute Gasteiger partial charge is 0.497 e. The van der Waals surface area contributed by atoms with Crippen LogP contribution in [0, 0.1) is 0 Å². The van der Waals surface area contributed by atoms with Gasteiger partial charge in [0.25, 0.3) is 5.56 Å². The SMILES string of the molecule is C=C(/C=C(\C=C/C)OC)Cn1ncc2c3sc(C(=O)OC)nc3n(C)c2c1=O. The molecule has 0 atom stereocenters. The second kappa shape index (κ2) is 7.81. The van der Waals surface area contributed by atoms with Crippen molar-refractivity contribution in [2.75, 3.05) is 14.2 Å². The van der Waals surface area contributed by atoms with Crippen molar-refractivity contribution in [2.45, 2.75) is 13.5 Å². The highest BCUT2D eigenvalue weighted by atomic mass is 32.1. The van der Waals surface area contributed by atoms with Crippen LogP contribution < -0.4 is 5.56 Å². The summed E-state index contributed by atoms with van der Waals surface area (Å²) in [4.78, 5) is 29.0. The van der Waals surface area contributed by atoms with E-state index in [0.29, 0.717) is 27.9 Å². The van der Waals surface area contributed by atoms with Crippen molar-refractivity contribution in [3.8, 4) is 0 Å². The lowest BCUT2D eigenvalue weighted by atomic mass is 10.2. The van der Waals surface area contributed by atoms with Gasteiger partial charge < -0.3 is 14.0 Å². The zero-order valence-electron chi connectivity index (χ0n) is 16.1. The first kappa shape index (κ1) is 19.6. The minimum Gasteiger partial charge on any atom is -0.497 e. The number of allylic oxidation sites excluding steroid dienone is 4. The third kappa shape index (κ3) is 3.36. The third-order valence-electron chi connectivity index (χ3n) is 4.15. The molecule has 28 heavy (non-hydrogen) atoms. The monoisotopic (exact) mass is 400 g/mol. The smallest absolute Gasteiger partial charge is 0.367 e. The Morgan fingerprint density at radius 1 is 1.36 bits per heavy atom. The number of hydrogen-bond acceptors (Lipinski definition) is 7. The van der Waals surface area contributed by atoms with Crippen molar-refractivity contribution in [1.29, 1.82) is 0 Å². The molecule has 0 bridgehead atoms. The quantitative estimate of drug-likeness (QED) is 0.359. The van der Waals surface area contributed by atoms with E-state index in [4.69, 9.17) is 9.47 Å². The molecular weight excluding hydrogens is 380 g/mol. The van der Waals surface area contributed by atoms with Gasteiger partial charge in [0.2, 0.25) is 5.01 Å². The second-order valence-electron chi connectivity index (χ2n) is 6.00. The van der Waals surface area contributed by atoms with E-state index >= 15 is 0 Å². The fourth-order valence-electron chi connectivity index (χ4n) is 2.86. The topological polar surface area (TPSA) is 88.2 Å². The van der Waals surface area contributed by atoms with E-state index in [-0.39, 0.29) is 17.1 Å². The first-order valence-electron chi connectivity index (χ1n) is 8.40. The molecular formula is C19H20N4O4S. The number of hydrogen-bond donors (Lipinski definition) is 0. The van der Waals surface area contributed by atoms with E-state index in [2.05, 4.69) is 16.7 Å². The van der Waals surface area contributed by atoms with E-state index in [1.807, 2.05) is 13.0 Å². The Balaban J connectivity index is 2.04. The number of esters is 1. The number of aryl methyl sites for hydroxylation is 1. The summed E-state index contributed by atoms with van der Waals surface area (Å²) in [5, 5.41) is 5.16. The lowest BCUT2D eigenvalue weighted by Gasteiger charge is -2.07. The lowest BCUT2D eigenvalue weighted by Crippen LogP contribution is -2.24. The van der Waals surface area contributed by atoms with Crippen LogP contribution in [0.15, 0.2) is 47.1 Å². The Bertz CT molecular complexity index is 1200. The van der Waals surface area contributed by atoms with Crippen molar-refractivity contribution >= 4 is 38.6 Å². The van der Waals surface area contributed by atoms with Crippen LogP contribution in [-0.4, -0.2) is 39.5 Å². The van der Waals surface area contributed by atoms with Gasteiger partial charge >= 0.3 is 5.97 Å². The number of carbonyl (C=O) groups is 1. The molecule has 146 valence electrons. The molecule has 0 aliphatic carbocycles. The summed E-state index contributed by atoms with van der Waals surface area (Å²) in [5.41, 5.74) is 1.43. The molecule has 0 N–H and O–H groups in total. The number of carbonyl (C=O) groups excluding carboxylic acids is 1. The van der Waals surface area contributed by atoms with Gasteiger partial charge in [0, 0.05) is 12.4 Å². The molecule has 3 rings (SSSR count). The van der Waals surface area contributed by atoms with Gasteiger partial charge in [-0.2, -0.15) is 5.10 Å². The summed E-state index contributed by atoms with van der Waals surface area (Å²) in [6, 6.07) is 0. The fourth-order valence-corrected chi connectivity index (χ4v) is 3.88. The summed E-state index contributed by atoms with van der Waals surface area (Å²) in [5.74, 6) is 0.134. The zero-order valence-corrected chi connectivity index (χ0v) is 16.9. The van der Waals surface area contributed by atoms with Gasteiger partial charge in [-0.1, -0.05) is 12.7 Å². The van der Waals surface area contributed by atoms with Crippen molar-refractivity contribution in [3.05, 3.63) is 57.7 Å². The van der Waals surface area contributed by atoms with E-state index < -0.39 is 5.97 Å². The summed E-state index contributed by atoms with van der Waals surface area (Å²) in [6.45, 7) is 6.08. The third-order valence-corrected chi connectivity index (χ3v) is 5.21. The predicted octanol–water partition coefficient (Wildman–Crippen LogP) is 2.79. The number of thiazole rings is 1. The Labute approximate surface area is 165 Å². The minimum absolute atomic E-state index is 0.221. The van der Waals surface area contributed by atoms with Crippen LogP contribution in [0.2, 0.25) is 0 Å². The van der Waals surface area contributed by atoms with Crippen LogP contribution in [-0.2, 0) is 23.1 Å². The van der Waals surface area contributed by atoms with Crippen LogP contribution >= 0.6 is 11.3 Å². The summed E-state index contributed by atoms with van der Waals surface area (Å²) in [6.07, 6.45) is 7.02. The Morgan fingerprint density at radius 2 is 2.11 bits per heavy atom. The number of aromatic nitrogens is 4. The molecule has 3 aromatic heterocycles. The van der Waals surface area contributed by atoms with E-state index in [1.54, 1.807) is 37.1 Å². The first-order valence-corrected chi connectivity index (χ1v) is 9.22. The summed E-state index contributed by atoms with van der Waals surface area (Å²) in [7, 11) is 4.61. The normalized spacial score (nSPS) is 12.2. The van der Waals surface area contributed by atoms with Gasteiger partial charge in [0.05, 0.1) is 31.7 Å². The van der Waals surface area contributed by atoms with Gasteiger partial charge in [0.1, 0.15) is 11.3 Å². The van der Waals surface area contributed by atoms with Crippen LogP contribution in [0.4, 0.5) is 0 Å². The van der Waals surface area contributed by atoms with Gasteiger partial charge in [-0.25, -0.2) is 14.5 Å². The van der Waals surface area contributed by atoms with Gasteiger partial charge in [-0.3, -0.25) is 4.79 Å². The standard InChI is InChI=1S/C19H20N4O4S/c1-6-7-12(26-4)8-11(2)10-23-18(24)14-13(9-20-23)15-16(22(14)3)21-17(28-15)19(25)27-5/h6-9H,2,10H2,1,3-5H3/b7-6-,12-8+. The van der Waals surface area contributed by atoms with E-state index in [9.17, 15) is 9.59 Å². The molecule has 8 nitrogen and oxygen atoms in total. The maximum atomic E-state index is 13.0. The van der Waals surface area contributed by atoms with E-state index in [0.717, 1.165) is 4.70 Å². The van der Waals surface area contributed by atoms with Crippen molar-refractivity contribution in [2.24, 2.45) is 7.05 Å². The van der Waals surface area contributed by atoms with Crippen molar-refractivity contribution in [1.82, 2.24) is 19.3 Å². The molecule has 0 saturated heterocycles. The molecule has 0 amide bonds. The molecule has 0 radical (unpaired) electrons. The highest BCUT2D eigenvalue weighted by Gasteiger charge is 2.21. The lowest BCUT2D eigenvalue weighted by molar-refractivity contribution is 0.0600. The molecule has 0 spiro atoms. The molecule has 0 unspecified atom stereocenters. The van der Waals surface area contributed by atoms with Crippen LogP contribution in [0.3, 0.4) is 0 Å². The van der Waals surface area contributed by atoms with Gasteiger partial charge in [-0.05, 0) is 24.6 Å². The van der Waals surface area contributed by atoms with Crippen molar-refractivity contribution in [3.63, 3.8) is 0 Å². The molecule has 9 heteroatoms. The molecule has 3 heterocycles. The fraction of sp³-hybridized carbons (Fsp3) is 0.263. The average molecular weight is 400 g/mol. The highest BCUT2D eigenvalue weighted by molar-refractivity contribution is 7.21. The Hall–Kier alpha value is -3.20. The van der Waals surface area contributed by atoms with Crippen molar-refractivity contribution < 1.29 is 14.3 Å². The number of fused-ring (bicyclic) bond motifs is 3. The first-order chi connectivity index (χ1) is 13.4. The minimum atomic E-state index is -0.506. The number of nitrogens with zero attached hydrogens (tertiary/aromatic N) is 4. The maximum Gasteiger partial charge on any atom is 0.367 e. The highest BCUT2D eigenvalue weighted by Crippen LogP contribution is 2.30. The zero-order chi connectivity index (χ0) is 20.4. The van der Waals surface area contributed by atoms with Crippen LogP contribution in [0.25, 0.3) is 21.3 Å². The number of rotatable bonds is 6. The predicted molar refractivity (Wildman–Crippen MR) is 109 cm³/mol. The molecule has 0 aliphatic heterocycles. The maximum absolute atomic E-state index is 13.0. The molecule has 0 aromatic carbocycles. The summed E-state index contributed by atoms with van der Waals surface area (Å²) >= 11 is 1.18. The number of methoxy groups -OCH3 is 2. The Kier molecular flexibility index (Phi) is 5.46. The van der Waals surface area contributed by atoms with Gasteiger partial charge in [0.15, 0.2) is 5.65 Å². The molecule has 0 saturated carbocycles.